The van der Waals surface area contributed by atoms with Crippen molar-refractivity contribution in [3.8, 4) is 5.75 Å². The van der Waals surface area contributed by atoms with Gasteiger partial charge in [0.2, 0.25) is 6.23 Å². The van der Waals surface area contributed by atoms with Gasteiger partial charge in [-0.25, -0.2) is 5.01 Å². The summed E-state index contributed by atoms with van der Waals surface area (Å²) in [6, 6.07) is 31.2. The number of ether oxygens (including phenoxy) is 1. The molecule has 0 aromatic heterocycles. The zero-order valence-corrected chi connectivity index (χ0v) is 17.0. The lowest BCUT2D eigenvalue weighted by atomic mass is 9.93. The van der Waals surface area contributed by atoms with Gasteiger partial charge in [-0.2, -0.15) is 5.10 Å². The number of hydrogen-bond donors (Lipinski definition) is 0. The fourth-order valence-electron chi connectivity index (χ4n) is 4.52. The van der Waals surface area contributed by atoms with Gasteiger partial charge in [-0.05, 0) is 29.0 Å². The van der Waals surface area contributed by atoms with Gasteiger partial charge >= 0.3 is 0 Å². The van der Waals surface area contributed by atoms with Crippen LogP contribution in [0.5, 0.6) is 5.75 Å². The van der Waals surface area contributed by atoms with Gasteiger partial charge in [0.25, 0.3) is 0 Å². The lowest BCUT2D eigenvalue weighted by molar-refractivity contribution is -0.0190. The molecule has 0 saturated heterocycles. The van der Waals surface area contributed by atoms with E-state index in [4.69, 9.17) is 21.4 Å². The van der Waals surface area contributed by atoms with E-state index in [1.807, 2.05) is 36.4 Å². The summed E-state index contributed by atoms with van der Waals surface area (Å²) in [5, 5.41) is 10.4. The predicted octanol–water partition coefficient (Wildman–Crippen LogP) is 6.74. The van der Waals surface area contributed by atoms with E-state index in [1.165, 1.54) is 21.9 Å². The highest BCUT2D eigenvalue weighted by Gasteiger charge is 2.41. The molecular weight excluding hydrogens is 392 g/mol. The Labute approximate surface area is 180 Å². The second-order valence-corrected chi connectivity index (χ2v) is 8.17. The summed E-state index contributed by atoms with van der Waals surface area (Å²) in [5.74, 6) is 0.924. The van der Waals surface area contributed by atoms with Gasteiger partial charge in [0.15, 0.2) is 0 Å². The van der Waals surface area contributed by atoms with Crippen LogP contribution < -0.4 is 4.74 Å². The van der Waals surface area contributed by atoms with Crippen molar-refractivity contribution in [1.82, 2.24) is 5.01 Å². The average Bonchev–Trinajstić information content (AvgIpc) is 3.24. The van der Waals surface area contributed by atoms with Crippen molar-refractivity contribution in [1.29, 1.82) is 0 Å². The van der Waals surface area contributed by atoms with Crippen LogP contribution in [-0.4, -0.2) is 10.7 Å². The molecule has 0 bridgehead atoms. The molecule has 6 rings (SSSR count). The van der Waals surface area contributed by atoms with Crippen molar-refractivity contribution < 1.29 is 4.74 Å². The molecule has 2 atom stereocenters. The van der Waals surface area contributed by atoms with Crippen LogP contribution >= 0.6 is 11.6 Å². The van der Waals surface area contributed by atoms with Crippen LogP contribution in [0.15, 0.2) is 96.1 Å². The average molecular weight is 411 g/mol. The molecule has 0 saturated carbocycles. The van der Waals surface area contributed by atoms with Crippen molar-refractivity contribution in [3.05, 3.63) is 113 Å². The van der Waals surface area contributed by atoms with E-state index < -0.39 is 0 Å². The molecule has 0 amide bonds. The van der Waals surface area contributed by atoms with Gasteiger partial charge in [0.05, 0.1) is 11.8 Å². The van der Waals surface area contributed by atoms with Gasteiger partial charge in [-0.1, -0.05) is 84.4 Å². The predicted molar refractivity (Wildman–Crippen MR) is 121 cm³/mol. The molecule has 0 spiro atoms. The second kappa shape index (κ2) is 6.89. The summed E-state index contributed by atoms with van der Waals surface area (Å²) in [7, 11) is 0. The van der Waals surface area contributed by atoms with E-state index >= 15 is 0 Å². The minimum atomic E-state index is -0.283. The molecule has 4 aromatic carbocycles. The first-order valence-electron chi connectivity index (χ1n) is 10.1. The van der Waals surface area contributed by atoms with Crippen LogP contribution in [0, 0.1) is 0 Å². The normalized spacial score (nSPS) is 19.8. The summed E-state index contributed by atoms with van der Waals surface area (Å²) < 4.78 is 6.42. The first-order valence-corrected chi connectivity index (χ1v) is 10.5. The number of hydrazone groups is 1. The Morgan fingerprint density at radius 2 is 1.60 bits per heavy atom. The molecule has 0 radical (unpaired) electrons. The molecule has 4 heteroatoms. The Hall–Kier alpha value is -3.30. The summed E-state index contributed by atoms with van der Waals surface area (Å²) in [4.78, 5) is 0. The van der Waals surface area contributed by atoms with Crippen LogP contribution in [0.25, 0.3) is 10.8 Å². The van der Waals surface area contributed by atoms with E-state index in [9.17, 15) is 0 Å². The van der Waals surface area contributed by atoms with Crippen LogP contribution in [0.1, 0.15) is 35.4 Å². The van der Waals surface area contributed by atoms with Gasteiger partial charge in [-0.15, -0.1) is 0 Å². The first kappa shape index (κ1) is 17.5. The van der Waals surface area contributed by atoms with Gasteiger partial charge < -0.3 is 4.74 Å². The Kier molecular flexibility index (Phi) is 4.03. The molecule has 30 heavy (non-hydrogen) atoms. The Balaban J connectivity index is 1.49. The zero-order chi connectivity index (χ0) is 20.1. The lowest BCUT2D eigenvalue weighted by Crippen LogP contribution is -2.33. The highest BCUT2D eigenvalue weighted by atomic mass is 35.5. The minimum absolute atomic E-state index is 0.143. The van der Waals surface area contributed by atoms with Crippen molar-refractivity contribution >= 4 is 28.1 Å². The van der Waals surface area contributed by atoms with E-state index in [1.54, 1.807) is 0 Å². The maximum atomic E-state index is 6.42. The lowest BCUT2D eigenvalue weighted by Gasteiger charge is -2.38. The number of hydrogen-bond acceptors (Lipinski definition) is 3. The molecule has 0 N–H and O–H groups in total. The molecule has 0 fully saturated rings. The molecule has 2 aliphatic heterocycles. The Morgan fingerprint density at radius 3 is 2.50 bits per heavy atom. The van der Waals surface area contributed by atoms with Crippen LogP contribution in [0.2, 0.25) is 5.02 Å². The monoisotopic (exact) mass is 410 g/mol. The van der Waals surface area contributed by atoms with Gasteiger partial charge in [0, 0.05) is 28.1 Å². The Morgan fingerprint density at radius 1 is 0.833 bits per heavy atom. The van der Waals surface area contributed by atoms with Crippen LogP contribution in [0.3, 0.4) is 0 Å². The third-order valence-electron chi connectivity index (χ3n) is 5.95. The molecular formula is C26H19ClN2O. The summed E-state index contributed by atoms with van der Waals surface area (Å²) >= 11 is 6.12. The molecule has 0 aliphatic carbocycles. The SMILES string of the molecule is Clc1ccc([C@H]2Oc3ccccc3[C@H]3CC(c4cccc5ccccc45)=NN32)cc1. The topological polar surface area (TPSA) is 24.8 Å². The smallest absolute Gasteiger partial charge is 0.213 e. The molecule has 0 unspecified atom stereocenters. The standard InChI is InChI=1S/C26H19ClN2O/c27-19-14-12-18(13-15-19)26-29-24(22-9-3-4-11-25(22)30-26)16-23(28-29)21-10-5-7-17-6-1-2-8-20(17)21/h1-15,24,26H,16H2/t24-,26-/m1/s1. The fraction of sp³-hybridized carbons (Fsp3) is 0.115. The number of nitrogens with zero attached hydrogens (tertiary/aromatic N) is 2. The van der Waals surface area contributed by atoms with Gasteiger partial charge in [0.1, 0.15) is 5.75 Å². The molecule has 2 heterocycles. The number of rotatable bonds is 2. The first-order chi connectivity index (χ1) is 14.8. The molecule has 3 nitrogen and oxygen atoms in total. The van der Waals surface area contributed by atoms with Crippen LogP contribution in [-0.2, 0) is 0 Å². The summed E-state index contributed by atoms with van der Waals surface area (Å²) in [6.45, 7) is 0. The highest BCUT2D eigenvalue weighted by Crippen LogP contribution is 2.47. The fourth-order valence-corrected chi connectivity index (χ4v) is 4.65. The molecule has 4 aromatic rings. The second-order valence-electron chi connectivity index (χ2n) is 7.73. The van der Waals surface area contributed by atoms with E-state index in [2.05, 4.69) is 59.6 Å². The van der Waals surface area contributed by atoms with Crippen molar-refractivity contribution in [3.63, 3.8) is 0 Å². The third kappa shape index (κ3) is 2.78. The molecule has 2 aliphatic rings. The van der Waals surface area contributed by atoms with Crippen molar-refractivity contribution in [2.75, 3.05) is 0 Å². The summed E-state index contributed by atoms with van der Waals surface area (Å²) in [6.07, 6.45) is 0.563. The number of fused-ring (bicyclic) bond motifs is 4. The number of halogens is 1. The highest BCUT2D eigenvalue weighted by molar-refractivity contribution is 6.30. The maximum Gasteiger partial charge on any atom is 0.213 e. The number of benzene rings is 4. The number of para-hydroxylation sites is 1. The van der Waals surface area contributed by atoms with E-state index in [0.717, 1.165) is 23.4 Å². The summed E-state index contributed by atoms with van der Waals surface area (Å²) in [5.41, 5.74) is 4.51. The zero-order valence-electron chi connectivity index (χ0n) is 16.2. The van der Waals surface area contributed by atoms with Gasteiger partial charge in [-0.3, -0.25) is 0 Å². The van der Waals surface area contributed by atoms with Crippen molar-refractivity contribution in [2.45, 2.75) is 18.7 Å². The Bertz CT molecular complexity index is 1280. The minimum Gasteiger partial charge on any atom is -0.464 e. The third-order valence-corrected chi connectivity index (χ3v) is 6.21. The van der Waals surface area contributed by atoms with E-state index in [0.29, 0.717) is 5.02 Å². The van der Waals surface area contributed by atoms with Crippen LogP contribution in [0.4, 0.5) is 0 Å². The van der Waals surface area contributed by atoms with Crippen molar-refractivity contribution in [2.24, 2.45) is 5.10 Å². The largest absolute Gasteiger partial charge is 0.464 e. The van der Waals surface area contributed by atoms with E-state index in [-0.39, 0.29) is 12.3 Å². The quantitative estimate of drug-likeness (QED) is 0.365. The molecule has 146 valence electrons. The maximum absolute atomic E-state index is 6.42.